The van der Waals surface area contributed by atoms with Crippen LogP contribution in [0.1, 0.15) is 26.3 Å². The molecule has 0 spiro atoms. The zero-order valence-corrected chi connectivity index (χ0v) is 21.0. The second kappa shape index (κ2) is 10.3. The largest absolute Gasteiger partial charge is 0.480 e. The number of hydrogen-bond acceptors (Lipinski definition) is 6. The number of aromatic nitrogens is 3. The Kier molecular flexibility index (Phi) is 7.19. The molecule has 4 rings (SSSR count). The maximum Gasteiger partial charge on any atom is 0.279 e. The van der Waals surface area contributed by atoms with E-state index in [4.69, 9.17) is 27.9 Å². The van der Waals surface area contributed by atoms with Gasteiger partial charge in [0.15, 0.2) is 6.29 Å². The number of carbonyl (C=O) groups is 2. The summed E-state index contributed by atoms with van der Waals surface area (Å²) in [6, 6.07) is 13.6. The Labute approximate surface area is 216 Å². The number of nitrogens with zero attached hydrogens (tertiary/aromatic N) is 3. The number of hydrogen-bond donors (Lipinski definition) is 1. The molecule has 1 N–H and O–H groups in total. The van der Waals surface area contributed by atoms with E-state index in [9.17, 15) is 14.4 Å². The van der Waals surface area contributed by atoms with Gasteiger partial charge in [0.05, 0.1) is 34.1 Å². The van der Waals surface area contributed by atoms with E-state index in [1.54, 1.807) is 49.4 Å². The van der Waals surface area contributed by atoms with Crippen LogP contribution in [0.2, 0.25) is 10.0 Å². The number of benzene rings is 2. The maximum absolute atomic E-state index is 12.8. The Balaban J connectivity index is 1.76. The molecule has 8 nitrogen and oxygen atoms in total. The van der Waals surface area contributed by atoms with E-state index in [0.717, 1.165) is 4.68 Å². The van der Waals surface area contributed by atoms with Gasteiger partial charge in [0.25, 0.3) is 11.5 Å². The number of halogens is 2. The second-order valence-corrected chi connectivity index (χ2v) is 8.58. The van der Waals surface area contributed by atoms with Crippen LogP contribution in [0.15, 0.2) is 59.5 Å². The number of pyridine rings is 1. The summed E-state index contributed by atoms with van der Waals surface area (Å²) < 4.78 is 6.36. The van der Waals surface area contributed by atoms with Crippen LogP contribution in [0.4, 0.5) is 5.69 Å². The normalized spacial score (nSPS) is 10.7. The predicted octanol–water partition coefficient (Wildman–Crippen LogP) is 5.20. The minimum Gasteiger partial charge on any atom is -0.480 e. The summed E-state index contributed by atoms with van der Waals surface area (Å²) in [5, 5.41) is 7.13. The van der Waals surface area contributed by atoms with Gasteiger partial charge < -0.3 is 10.1 Å². The van der Waals surface area contributed by atoms with E-state index < -0.39 is 11.5 Å². The van der Waals surface area contributed by atoms with E-state index in [1.807, 2.05) is 0 Å². The van der Waals surface area contributed by atoms with Gasteiger partial charge >= 0.3 is 0 Å². The van der Waals surface area contributed by atoms with Crippen molar-refractivity contribution < 1.29 is 14.3 Å². The summed E-state index contributed by atoms with van der Waals surface area (Å²) in [6.45, 7) is 1.79. The molecule has 36 heavy (non-hydrogen) atoms. The molecule has 0 radical (unpaired) electrons. The van der Waals surface area contributed by atoms with Crippen molar-refractivity contribution in [2.24, 2.45) is 7.05 Å². The number of amides is 1. The lowest BCUT2D eigenvalue weighted by Gasteiger charge is -2.15. The topological polar surface area (TPSA) is 103 Å². The lowest BCUT2D eigenvalue weighted by atomic mass is 9.99. The summed E-state index contributed by atoms with van der Waals surface area (Å²) in [4.78, 5) is 40.9. The average molecular weight is 523 g/mol. The van der Waals surface area contributed by atoms with Crippen molar-refractivity contribution in [3.05, 3.63) is 91.8 Å². The number of anilines is 1. The molecule has 0 fully saturated rings. The van der Waals surface area contributed by atoms with Gasteiger partial charge in [-0.3, -0.25) is 14.4 Å². The summed E-state index contributed by atoms with van der Waals surface area (Å²) in [7, 11) is 2.90. The molecular weight excluding hydrogens is 503 g/mol. The Morgan fingerprint density at radius 2 is 1.72 bits per heavy atom. The highest BCUT2D eigenvalue weighted by atomic mass is 35.5. The second-order valence-electron chi connectivity index (χ2n) is 7.83. The van der Waals surface area contributed by atoms with E-state index in [1.165, 1.54) is 26.4 Å². The van der Waals surface area contributed by atoms with Gasteiger partial charge in [0, 0.05) is 29.9 Å². The van der Waals surface area contributed by atoms with Crippen LogP contribution >= 0.6 is 23.2 Å². The molecule has 4 aromatic rings. The first kappa shape index (κ1) is 25.1. The van der Waals surface area contributed by atoms with Crippen LogP contribution in [-0.2, 0) is 7.05 Å². The molecule has 0 aliphatic heterocycles. The van der Waals surface area contributed by atoms with Crippen molar-refractivity contribution in [2.75, 3.05) is 12.4 Å². The molecule has 0 atom stereocenters. The number of rotatable bonds is 6. The zero-order chi connectivity index (χ0) is 26.0. The van der Waals surface area contributed by atoms with Crippen molar-refractivity contribution in [1.82, 2.24) is 14.8 Å². The van der Waals surface area contributed by atoms with E-state index in [-0.39, 0.29) is 16.5 Å². The Bertz CT molecular complexity index is 1570. The van der Waals surface area contributed by atoms with Crippen LogP contribution < -0.4 is 15.6 Å². The van der Waals surface area contributed by atoms with Crippen molar-refractivity contribution >= 4 is 41.1 Å². The van der Waals surface area contributed by atoms with Crippen molar-refractivity contribution in [3.63, 3.8) is 0 Å². The highest BCUT2D eigenvalue weighted by Gasteiger charge is 2.19. The maximum atomic E-state index is 12.8. The van der Waals surface area contributed by atoms with Crippen LogP contribution in [-0.4, -0.2) is 34.1 Å². The molecular formula is C26H20Cl2N4O4. The fourth-order valence-electron chi connectivity index (χ4n) is 3.73. The highest BCUT2D eigenvalue weighted by molar-refractivity contribution is 6.39. The van der Waals surface area contributed by atoms with Crippen LogP contribution in [0, 0.1) is 6.92 Å². The molecule has 0 aliphatic carbocycles. The Morgan fingerprint density at radius 3 is 2.42 bits per heavy atom. The van der Waals surface area contributed by atoms with Crippen LogP contribution in [0.5, 0.6) is 5.88 Å². The third-order valence-corrected chi connectivity index (χ3v) is 6.42. The van der Waals surface area contributed by atoms with Gasteiger partial charge in [-0.25, -0.2) is 9.67 Å². The average Bonchev–Trinajstić information content (AvgIpc) is 2.86. The number of ether oxygens (including phenoxy) is 1. The first-order valence-corrected chi connectivity index (χ1v) is 11.4. The quantitative estimate of drug-likeness (QED) is 0.349. The molecule has 1 amide bonds. The minimum absolute atomic E-state index is 0.0665. The first-order valence-electron chi connectivity index (χ1n) is 10.7. The van der Waals surface area contributed by atoms with Crippen molar-refractivity contribution in [2.45, 2.75) is 6.92 Å². The molecule has 182 valence electrons. The third kappa shape index (κ3) is 4.60. The number of nitrogens with one attached hydrogen (secondary N) is 1. The fraction of sp³-hybridized carbons (Fsp3) is 0.115. The number of aldehydes is 1. The van der Waals surface area contributed by atoms with Crippen LogP contribution in [0.3, 0.4) is 0 Å². The molecule has 2 aromatic carbocycles. The molecule has 0 saturated carbocycles. The van der Waals surface area contributed by atoms with Gasteiger partial charge in [-0.15, -0.1) is 0 Å². The summed E-state index contributed by atoms with van der Waals surface area (Å²) >= 11 is 13.5. The van der Waals surface area contributed by atoms with Gasteiger partial charge in [0.1, 0.15) is 5.56 Å². The first-order chi connectivity index (χ1) is 17.3. The number of aryl methyl sites for hydroxylation is 2. The zero-order valence-electron chi connectivity index (χ0n) is 19.5. The number of carbonyl (C=O) groups excluding carboxylic acids is 2. The molecule has 2 aromatic heterocycles. The summed E-state index contributed by atoms with van der Waals surface area (Å²) in [5.74, 6) is -0.412. The van der Waals surface area contributed by atoms with Gasteiger partial charge in [-0.2, -0.15) is 5.10 Å². The molecule has 0 saturated heterocycles. The van der Waals surface area contributed by atoms with Gasteiger partial charge in [-0.1, -0.05) is 53.5 Å². The smallest absolute Gasteiger partial charge is 0.279 e. The molecule has 0 unspecified atom stereocenters. The predicted molar refractivity (Wildman–Crippen MR) is 139 cm³/mol. The van der Waals surface area contributed by atoms with E-state index >= 15 is 0 Å². The highest BCUT2D eigenvalue weighted by Crippen LogP contribution is 2.41. The molecule has 2 heterocycles. The minimum atomic E-state index is -0.612. The van der Waals surface area contributed by atoms with Crippen molar-refractivity contribution in [3.8, 4) is 28.3 Å². The number of methoxy groups -OCH3 is 1. The Morgan fingerprint density at radius 1 is 1.06 bits per heavy atom. The van der Waals surface area contributed by atoms with Gasteiger partial charge in [-0.05, 0) is 30.7 Å². The third-order valence-electron chi connectivity index (χ3n) is 5.60. The SMILES string of the molecule is COc1nc(-c2cccc(-c3cccc(NC(=O)c4ccnn(C)c4=O)c3Cl)c2Cl)cc(C)c1C=O. The summed E-state index contributed by atoms with van der Waals surface area (Å²) in [5.41, 5.74) is 3.08. The molecule has 0 aliphatic rings. The van der Waals surface area contributed by atoms with E-state index in [2.05, 4.69) is 15.4 Å². The van der Waals surface area contributed by atoms with Gasteiger partial charge in [0.2, 0.25) is 5.88 Å². The fourth-order valence-corrected chi connectivity index (χ4v) is 4.33. The summed E-state index contributed by atoms with van der Waals surface area (Å²) in [6.07, 6.45) is 2.07. The lowest BCUT2D eigenvalue weighted by molar-refractivity contribution is 0.102. The molecule has 0 bridgehead atoms. The lowest BCUT2D eigenvalue weighted by Crippen LogP contribution is -2.28. The van der Waals surface area contributed by atoms with E-state index in [0.29, 0.717) is 50.5 Å². The van der Waals surface area contributed by atoms with Crippen LogP contribution in [0.25, 0.3) is 22.4 Å². The van der Waals surface area contributed by atoms with Crippen molar-refractivity contribution in [1.29, 1.82) is 0 Å². The monoisotopic (exact) mass is 522 g/mol. The Hall–Kier alpha value is -4.01. The standard InChI is InChI=1S/C26H20Cl2N4O4/c1-14-12-21(31-25(36-3)19(14)13-33)17-8-4-6-15(22(17)27)16-7-5-9-20(23(16)28)30-24(34)18-10-11-29-32(2)26(18)35/h4-13H,1-3H3,(H,30,34). The molecule has 10 heteroatoms.